The Kier molecular flexibility index (Phi) is 5.76. The summed E-state index contributed by atoms with van der Waals surface area (Å²) in [7, 11) is 0. The summed E-state index contributed by atoms with van der Waals surface area (Å²) < 4.78 is 11.9. The Labute approximate surface area is 182 Å². The van der Waals surface area contributed by atoms with Gasteiger partial charge in [0.05, 0.1) is 9.85 Å². The van der Waals surface area contributed by atoms with Crippen molar-refractivity contribution in [3.8, 4) is 34.1 Å². The Morgan fingerprint density at radius 3 is 1.59 bits per heavy atom. The Hall–Kier alpha value is -4.72. The summed E-state index contributed by atoms with van der Waals surface area (Å²) in [6, 6.07) is 26.4. The van der Waals surface area contributed by atoms with Crippen LogP contribution in [0.2, 0.25) is 0 Å². The van der Waals surface area contributed by atoms with Crippen LogP contribution in [-0.2, 0) is 0 Å². The Bertz CT molecular complexity index is 1260. The highest BCUT2D eigenvalue weighted by molar-refractivity contribution is 5.72. The van der Waals surface area contributed by atoms with E-state index < -0.39 is 9.85 Å². The van der Waals surface area contributed by atoms with Crippen molar-refractivity contribution in [1.29, 1.82) is 0 Å². The maximum atomic E-state index is 10.9. The van der Waals surface area contributed by atoms with E-state index in [1.165, 1.54) is 48.5 Å². The molecule has 0 radical (unpaired) electrons. The third-order valence-corrected chi connectivity index (χ3v) is 4.59. The number of non-ortho nitro benzene ring substituents is 2. The van der Waals surface area contributed by atoms with Gasteiger partial charge in [-0.05, 0) is 48.0 Å². The van der Waals surface area contributed by atoms with Gasteiger partial charge in [0.15, 0.2) is 0 Å². The van der Waals surface area contributed by atoms with Gasteiger partial charge in [-0.2, -0.15) is 0 Å². The molecule has 0 aromatic heterocycles. The normalized spacial score (nSPS) is 10.4. The van der Waals surface area contributed by atoms with Crippen LogP contribution >= 0.6 is 0 Å². The summed E-state index contributed by atoms with van der Waals surface area (Å²) in [6.07, 6.45) is 0. The van der Waals surface area contributed by atoms with Gasteiger partial charge in [0.1, 0.15) is 23.0 Å². The summed E-state index contributed by atoms with van der Waals surface area (Å²) in [5.41, 5.74) is 1.60. The van der Waals surface area contributed by atoms with Crippen LogP contribution in [0, 0.1) is 20.2 Å². The van der Waals surface area contributed by atoms with Crippen LogP contribution in [0.1, 0.15) is 0 Å². The summed E-state index contributed by atoms with van der Waals surface area (Å²) >= 11 is 0. The number of hydrogen-bond donors (Lipinski definition) is 0. The standard InChI is InChI=1S/C24H16N2O6/c27-25(28)18-6-10-20(11-7-18)31-22-14-15-24(23(16-22)17-4-2-1-3-5-17)32-21-12-8-19(9-13-21)26(29)30/h1-16H. The van der Waals surface area contributed by atoms with Gasteiger partial charge in [-0.3, -0.25) is 20.2 Å². The molecular weight excluding hydrogens is 412 g/mol. The first-order valence-electron chi connectivity index (χ1n) is 9.54. The smallest absolute Gasteiger partial charge is 0.269 e. The SMILES string of the molecule is O=[N+]([O-])c1ccc(Oc2ccc(Oc3ccc([N+](=O)[O-])cc3)c(-c3ccccc3)c2)cc1. The van der Waals surface area contributed by atoms with Gasteiger partial charge in [0.25, 0.3) is 11.4 Å². The van der Waals surface area contributed by atoms with Gasteiger partial charge in [0.2, 0.25) is 0 Å². The van der Waals surface area contributed by atoms with Crippen molar-refractivity contribution in [3.63, 3.8) is 0 Å². The zero-order chi connectivity index (χ0) is 22.5. The first kappa shape index (κ1) is 20.5. The van der Waals surface area contributed by atoms with E-state index in [2.05, 4.69) is 0 Å². The second-order valence-electron chi connectivity index (χ2n) is 6.73. The lowest BCUT2D eigenvalue weighted by Gasteiger charge is -2.14. The average molecular weight is 428 g/mol. The van der Waals surface area contributed by atoms with Gasteiger partial charge in [0, 0.05) is 29.8 Å². The molecule has 0 unspecified atom stereocenters. The van der Waals surface area contributed by atoms with Crippen LogP contribution in [0.4, 0.5) is 11.4 Å². The fourth-order valence-electron chi connectivity index (χ4n) is 3.04. The van der Waals surface area contributed by atoms with E-state index in [0.717, 1.165) is 11.1 Å². The number of ether oxygens (including phenoxy) is 2. The molecule has 0 spiro atoms. The third kappa shape index (κ3) is 4.71. The van der Waals surface area contributed by atoms with Crippen molar-refractivity contribution >= 4 is 11.4 Å². The molecule has 0 saturated carbocycles. The van der Waals surface area contributed by atoms with E-state index in [-0.39, 0.29) is 11.4 Å². The molecule has 8 heteroatoms. The molecule has 4 aromatic carbocycles. The van der Waals surface area contributed by atoms with Crippen molar-refractivity contribution in [2.75, 3.05) is 0 Å². The van der Waals surface area contributed by atoms with Gasteiger partial charge in [-0.15, -0.1) is 0 Å². The van der Waals surface area contributed by atoms with Gasteiger partial charge in [-0.1, -0.05) is 30.3 Å². The zero-order valence-corrected chi connectivity index (χ0v) is 16.6. The highest BCUT2D eigenvalue weighted by Gasteiger charge is 2.12. The summed E-state index contributed by atoms with van der Waals surface area (Å²) in [6.45, 7) is 0. The fraction of sp³-hybridized carbons (Fsp3) is 0. The molecular formula is C24H16N2O6. The Balaban J connectivity index is 1.64. The van der Waals surface area contributed by atoms with Gasteiger partial charge >= 0.3 is 0 Å². The number of nitro groups is 2. The minimum absolute atomic E-state index is 0.0193. The van der Waals surface area contributed by atoms with Crippen molar-refractivity contribution in [2.45, 2.75) is 0 Å². The summed E-state index contributed by atoms with van der Waals surface area (Å²) in [4.78, 5) is 20.8. The van der Waals surface area contributed by atoms with Gasteiger partial charge in [-0.25, -0.2) is 0 Å². The van der Waals surface area contributed by atoms with Crippen molar-refractivity contribution in [3.05, 3.63) is 117 Å². The second-order valence-corrected chi connectivity index (χ2v) is 6.73. The Morgan fingerprint density at radius 2 is 1.06 bits per heavy atom. The number of benzene rings is 4. The molecule has 0 saturated heterocycles. The highest BCUT2D eigenvalue weighted by atomic mass is 16.6. The van der Waals surface area contributed by atoms with Crippen LogP contribution < -0.4 is 9.47 Å². The number of nitrogens with zero attached hydrogens (tertiary/aromatic N) is 2. The summed E-state index contributed by atoms with van der Waals surface area (Å²) in [5.74, 6) is 1.98. The minimum atomic E-state index is -0.471. The molecule has 0 aliphatic heterocycles. The predicted molar refractivity (Wildman–Crippen MR) is 118 cm³/mol. The molecule has 0 atom stereocenters. The second kappa shape index (κ2) is 8.97. The lowest BCUT2D eigenvalue weighted by Crippen LogP contribution is -1.92. The molecule has 0 aliphatic rings. The first-order valence-corrected chi connectivity index (χ1v) is 9.54. The van der Waals surface area contributed by atoms with Crippen LogP contribution in [0.5, 0.6) is 23.0 Å². The van der Waals surface area contributed by atoms with E-state index in [1.807, 2.05) is 30.3 Å². The third-order valence-electron chi connectivity index (χ3n) is 4.59. The van der Waals surface area contributed by atoms with E-state index in [9.17, 15) is 20.2 Å². The zero-order valence-electron chi connectivity index (χ0n) is 16.6. The molecule has 0 bridgehead atoms. The molecule has 32 heavy (non-hydrogen) atoms. The average Bonchev–Trinajstić information content (AvgIpc) is 2.81. The van der Waals surface area contributed by atoms with Crippen LogP contribution in [0.25, 0.3) is 11.1 Å². The van der Waals surface area contributed by atoms with Crippen LogP contribution in [0.15, 0.2) is 97.1 Å². The lowest BCUT2D eigenvalue weighted by atomic mass is 10.0. The number of hydrogen-bond acceptors (Lipinski definition) is 6. The predicted octanol–water partition coefficient (Wildman–Crippen LogP) is 6.75. The molecule has 4 aromatic rings. The van der Waals surface area contributed by atoms with E-state index in [0.29, 0.717) is 23.0 Å². The molecule has 0 heterocycles. The van der Waals surface area contributed by atoms with Crippen molar-refractivity contribution in [1.82, 2.24) is 0 Å². The van der Waals surface area contributed by atoms with E-state index >= 15 is 0 Å². The highest BCUT2D eigenvalue weighted by Crippen LogP contribution is 2.37. The molecule has 0 fully saturated rings. The monoisotopic (exact) mass is 428 g/mol. The maximum Gasteiger partial charge on any atom is 0.269 e. The Morgan fingerprint density at radius 1 is 0.562 bits per heavy atom. The van der Waals surface area contributed by atoms with E-state index in [1.54, 1.807) is 18.2 Å². The minimum Gasteiger partial charge on any atom is -0.457 e. The largest absolute Gasteiger partial charge is 0.457 e. The quantitative estimate of drug-likeness (QED) is 0.238. The van der Waals surface area contributed by atoms with Crippen LogP contribution in [0.3, 0.4) is 0 Å². The molecule has 8 nitrogen and oxygen atoms in total. The maximum absolute atomic E-state index is 10.9. The lowest BCUT2D eigenvalue weighted by molar-refractivity contribution is -0.385. The molecule has 158 valence electrons. The summed E-state index contributed by atoms with van der Waals surface area (Å²) in [5, 5.41) is 21.7. The number of nitro benzene ring substituents is 2. The first-order chi connectivity index (χ1) is 15.5. The molecule has 0 aliphatic carbocycles. The van der Waals surface area contributed by atoms with Crippen molar-refractivity contribution < 1.29 is 19.3 Å². The van der Waals surface area contributed by atoms with E-state index in [4.69, 9.17) is 9.47 Å². The molecule has 0 amide bonds. The topological polar surface area (TPSA) is 105 Å². The molecule has 4 rings (SSSR count). The number of rotatable bonds is 7. The van der Waals surface area contributed by atoms with Gasteiger partial charge < -0.3 is 9.47 Å². The van der Waals surface area contributed by atoms with Crippen molar-refractivity contribution in [2.24, 2.45) is 0 Å². The molecule has 0 N–H and O–H groups in total. The fourth-order valence-corrected chi connectivity index (χ4v) is 3.04. The van der Waals surface area contributed by atoms with Crippen LogP contribution in [-0.4, -0.2) is 9.85 Å².